The molecule has 0 aliphatic heterocycles. The average molecular weight is 466 g/mol. The van der Waals surface area contributed by atoms with Crippen LogP contribution in [0.3, 0.4) is 0 Å². The summed E-state index contributed by atoms with van der Waals surface area (Å²) in [5.74, 6) is -1.000. The Kier molecular flexibility index (Phi) is 5.65. The molecular weight excluding hydrogens is 441 g/mol. The van der Waals surface area contributed by atoms with Crippen LogP contribution >= 0.6 is 11.6 Å². The number of anilines is 1. The van der Waals surface area contributed by atoms with Gasteiger partial charge in [0.25, 0.3) is 5.91 Å². The summed E-state index contributed by atoms with van der Waals surface area (Å²) in [5.41, 5.74) is 0.121. The van der Waals surface area contributed by atoms with E-state index in [4.69, 9.17) is 11.6 Å². The topological polar surface area (TPSA) is 83.5 Å². The van der Waals surface area contributed by atoms with Crippen LogP contribution in [0.25, 0.3) is 0 Å². The quantitative estimate of drug-likeness (QED) is 0.682. The molecule has 166 valence electrons. The van der Waals surface area contributed by atoms with E-state index in [1.807, 2.05) is 0 Å². The summed E-state index contributed by atoms with van der Waals surface area (Å²) in [7, 11) is -3.78. The molecule has 1 amide bonds. The standard InChI is InChI=1S/C23H25ClFNO4S/c1-13-9-17(6-8-20(13)25)26-22(27)14-3-7-19(24)21(10-14)31(29,30)18-11-15-4-5-16(12-18)23(15,2)28/h3,6-10,15-16,18,28H,4-5,11-12H2,1-2H3,(H,26,27)/t15-,16?,18?,23-/m0/s1. The minimum Gasteiger partial charge on any atom is -0.390 e. The van der Waals surface area contributed by atoms with Crippen molar-refractivity contribution in [3.63, 3.8) is 0 Å². The van der Waals surface area contributed by atoms with Crippen molar-refractivity contribution in [1.82, 2.24) is 0 Å². The third kappa shape index (κ3) is 3.99. The zero-order valence-electron chi connectivity index (χ0n) is 17.4. The summed E-state index contributed by atoms with van der Waals surface area (Å²) in [6.45, 7) is 3.39. The lowest BCUT2D eigenvalue weighted by molar-refractivity contribution is -0.0413. The fraction of sp³-hybridized carbons (Fsp3) is 0.435. The number of hydrogen-bond donors (Lipinski definition) is 2. The highest BCUT2D eigenvalue weighted by Crippen LogP contribution is 2.51. The molecule has 2 N–H and O–H groups in total. The Balaban J connectivity index is 1.60. The smallest absolute Gasteiger partial charge is 0.255 e. The minimum atomic E-state index is -3.78. The Bertz CT molecular complexity index is 1130. The number of sulfone groups is 1. The van der Waals surface area contributed by atoms with Gasteiger partial charge in [-0.1, -0.05) is 11.6 Å². The first-order chi connectivity index (χ1) is 14.5. The molecule has 2 aromatic carbocycles. The van der Waals surface area contributed by atoms with Crippen LogP contribution in [-0.4, -0.2) is 30.3 Å². The molecule has 5 nitrogen and oxygen atoms in total. The van der Waals surface area contributed by atoms with Crippen LogP contribution in [-0.2, 0) is 9.84 Å². The summed E-state index contributed by atoms with van der Waals surface area (Å²) in [5, 5.41) is 12.8. The number of nitrogens with one attached hydrogen (secondary N) is 1. The maximum absolute atomic E-state index is 13.5. The van der Waals surface area contributed by atoms with Crippen molar-refractivity contribution in [2.75, 3.05) is 5.32 Å². The third-order valence-corrected chi connectivity index (χ3v) is 9.62. The Morgan fingerprint density at radius 1 is 1.16 bits per heavy atom. The second kappa shape index (κ2) is 7.87. The van der Waals surface area contributed by atoms with Gasteiger partial charge in [-0.15, -0.1) is 0 Å². The molecular formula is C23H25ClFNO4S. The van der Waals surface area contributed by atoms with Gasteiger partial charge in [-0.05, 0) is 93.3 Å². The lowest BCUT2D eigenvalue weighted by Crippen LogP contribution is -2.45. The second-order valence-electron chi connectivity index (χ2n) is 8.90. The van der Waals surface area contributed by atoms with Gasteiger partial charge in [0.2, 0.25) is 0 Å². The Morgan fingerprint density at radius 2 is 1.81 bits per heavy atom. The Hall–Kier alpha value is -1.96. The highest BCUT2D eigenvalue weighted by atomic mass is 35.5. The van der Waals surface area contributed by atoms with E-state index in [0.717, 1.165) is 12.8 Å². The summed E-state index contributed by atoms with van der Waals surface area (Å²) in [6.07, 6.45) is 2.40. The van der Waals surface area contributed by atoms with Crippen LogP contribution < -0.4 is 5.32 Å². The van der Waals surface area contributed by atoms with Gasteiger partial charge < -0.3 is 10.4 Å². The number of aryl methyl sites for hydroxylation is 1. The molecule has 4 atom stereocenters. The number of rotatable bonds is 4. The predicted molar refractivity (Wildman–Crippen MR) is 118 cm³/mol. The molecule has 2 fully saturated rings. The maximum atomic E-state index is 13.5. The summed E-state index contributed by atoms with van der Waals surface area (Å²) in [4.78, 5) is 12.6. The SMILES string of the molecule is Cc1cc(NC(=O)c2ccc(Cl)c(S(=O)(=O)C3CC4CC[C@@H](C3)[C@]4(C)O)c2)ccc1F. The van der Waals surface area contributed by atoms with Crippen molar-refractivity contribution in [3.8, 4) is 0 Å². The lowest BCUT2D eigenvalue weighted by Gasteiger charge is -2.40. The first-order valence-corrected chi connectivity index (χ1v) is 12.3. The third-order valence-electron chi connectivity index (χ3n) is 6.97. The fourth-order valence-corrected chi connectivity index (χ4v) is 7.39. The minimum absolute atomic E-state index is 0.0574. The molecule has 0 saturated heterocycles. The van der Waals surface area contributed by atoms with E-state index >= 15 is 0 Å². The molecule has 2 aliphatic carbocycles. The largest absolute Gasteiger partial charge is 0.390 e. The number of aliphatic hydroxyl groups is 1. The van der Waals surface area contributed by atoms with E-state index in [1.54, 1.807) is 13.8 Å². The second-order valence-corrected chi connectivity index (χ2v) is 11.5. The molecule has 2 saturated carbocycles. The molecule has 31 heavy (non-hydrogen) atoms. The van der Waals surface area contributed by atoms with Crippen molar-refractivity contribution in [2.45, 2.75) is 55.3 Å². The van der Waals surface area contributed by atoms with E-state index in [1.165, 1.54) is 36.4 Å². The average Bonchev–Trinajstić information content (AvgIpc) is 2.87. The van der Waals surface area contributed by atoms with E-state index in [-0.39, 0.29) is 33.1 Å². The monoisotopic (exact) mass is 465 g/mol. The van der Waals surface area contributed by atoms with Crippen molar-refractivity contribution < 1.29 is 22.7 Å². The number of benzene rings is 2. The van der Waals surface area contributed by atoms with Gasteiger partial charge in [-0.2, -0.15) is 0 Å². The molecule has 8 heteroatoms. The molecule has 2 unspecified atom stereocenters. The van der Waals surface area contributed by atoms with Crippen LogP contribution in [0, 0.1) is 24.6 Å². The molecule has 0 heterocycles. The van der Waals surface area contributed by atoms with Gasteiger partial charge in [0.1, 0.15) is 5.82 Å². The number of halogens is 2. The molecule has 0 spiro atoms. The fourth-order valence-electron chi connectivity index (χ4n) is 4.99. The Labute approximate surface area is 186 Å². The zero-order valence-corrected chi connectivity index (χ0v) is 18.9. The normalized spacial score (nSPS) is 27.8. The highest BCUT2D eigenvalue weighted by Gasteiger charge is 2.53. The van der Waals surface area contributed by atoms with E-state index in [9.17, 15) is 22.7 Å². The number of hydrogen-bond acceptors (Lipinski definition) is 4. The van der Waals surface area contributed by atoms with Crippen LogP contribution in [0.5, 0.6) is 0 Å². The van der Waals surface area contributed by atoms with Gasteiger partial charge in [0, 0.05) is 11.3 Å². The van der Waals surface area contributed by atoms with Crippen molar-refractivity contribution >= 4 is 33.0 Å². The molecule has 2 aliphatic rings. The number of carbonyl (C=O) groups excluding carboxylic acids is 1. The van der Waals surface area contributed by atoms with Gasteiger partial charge in [-0.3, -0.25) is 4.79 Å². The van der Waals surface area contributed by atoms with E-state index in [2.05, 4.69) is 5.32 Å². The van der Waals surface area contributed by atoms with Crippen molar-refractivity contribution in [1.29, 1.82) is 0 Å². The summed E-state index contributed by atoms with van der Waals surface area (Å²) < 4.78 is 40.3. The number of amides is 1. The van der Waals surface area contributed by atoms with Gasteiger partial charge in [-0.25, -0.2) is 12.8 Å². The van der Waals surface area contributed by atoms with Gasteiger partial charge >= 0.3 is 0 Å². The molecule has 4 rings (SSSR count). The Morgan fingerprint density at radius 3 is 2.42 bits per heavy atom. The molecule has 2 aromatic rings. The van der Waals surface area contributed by atoms with E-state index < -0.39 is 26.6 Å². The van der Waals surface area contributed by atoms with Crippen LogP contribution in [0.4, 0.5) is 10.1 Å². The summed E-state index contributed by atoms with van der Waals surface area (Å²) in [6, 6.07) is 8.38. The number of fused-ring (bicyclic) bond motifs is 2. The van der Waals surface area contributed by atoms with E-state index in [0.29, 0.717) is 24.1 Å². The molecule has 2 bridgehead atoms. The van der Waals surface area contributed by atoms with Crippen LogP contribution in [0.2, 0.25) is 5.02 Å². The first-order valence-electron chi connectivity index (χ1n) is 10.3. The maximum Gasteiger partial charge on any atom is 0.255 e. The van der Waals surface area contributed by atoms with Gasteiger partial charge in [0.05, 0.1) is 20.8 Å². The lowest BCUT2D eigenvalue weighted by atomic mass is 9.76. The first kappa shape index (κ1) is 22.2. The highest BCUT2D eigenvalue weighted by molar-refractivity contribution is 7.92. The van der Waals surface area contributed by atoms with Crippen molar-refractivity contribution in [2.24, 2.45) is 11.8 Å². The zero-order chi connectivity index (χ0) is 22.6. The van der Waals surface area contributed by atoms with Crippen molar-refractivity contribution in [3.05, 3.63) is 58.4 Å². The number of carbonyl (C=O) groups is 1. The predicted octanol–water partition coefficient (Wildman–Crippen LogP) is 4.75. The van der Waals surface area contributed by atoms with Crippen LogP contribution in [0.15, 0.2) is 41.3 Å². The molecule has 0 aromatic heterocycles. The summed E-state index contributed by atoms with van der Waals surface area (Å²) >= 11 is 6.25. The van der Waals surface area contributed by atoms with Gasteiger partial charge in [0.15, 0.2) is 9.84 Å². The molecule has 0 radical (unpaired) electrons. The van der Waals surface area contributed by atoms with Crippen LogP contribution in [0.1, 0.15) is 48.5 Å².